The third kappa shape index (κ3) is 5.04. The van der Waals surface area contributed by atoms with Gasteiger partial charge in [0.15, 0.2) is 6.04 Å². The Morgan fingerprint density at radius 3 is 2.28 bits per heavy atom. The molecule has 1 saturated heterocycles. The number of quaternary nitrogens is 1. The quantitative estimate of drug-likeness (QED) is 0.791. The van der Waals surface area contributed by atoms with Gasteiger partial charge >= 0.3 is 0 Å². The highest BCUT2D eigenvalue weighted by Gasteiger charge is 2.31. The maximum atomic E-state index is 12.9. The molecule has 29 heavy (non-hydrogen) atoms. The van der Waals surface area contributed by atoms with Crippen molar-refractivity contribution in [3.05, 3.63) is 65.7 Å². The van der Waals surface area contributed by atoms with Crippen molar-refractivity contribution < 1.29 is 14.5 Å². The molecule has 0 spiro atoms. The van der Waals surface area contributed by atoms with Gasteiger partial charge in [0.25, 0.3) is 11.8 Å². The third-order valence-electron chi connectivity index (χ3n) is 6.08. The molecular formula is C24H32N3O2+. The fraction of sp³-hybridized carbons (Fsp3) is 0.417. The number of amides is 2. The fourth-order valence-corrected chi connectivity index (χ4v) is 3.88. The first kappa shape index (κ1) is 21.1. The van der Waals surface area contributed by atoms with E-state index >= 15 is 0 Å². The highest BCUT2D eigenvalue weighted by atomic mass is 16.2. The van der Waals surface area contributed by atoms with Crippen molar-refractivity contribution in [2.75, 3.05) is 31.5 Å². The van der Waals surface area contributed by atoms with Crippen LogP contribution < -0.4 is 10.2 Å². The van der Waals surface area contributed by atoms with E-state index in [1.165, 1.54) is 10.5 Å². The third-order valence-corrected chi connectivity index (χ3v) is 6.08. The van der Waals surface area contributed by atoms with Crippen LogP contribution in [0.4, 0.5) is 5.69 Å². The van der Waals surface area contributed by atoms with E-state index in [2.05, 4.69) is 25.2 Å². The summed E-state index contributed by atoms with van der Waals surface area (Å²) in [4.78, 5) is 28.6. The normalized spacial score (nSPS) is 16.9. The Bertz CT molecular complexity index is 829. The van der Waals surface area contributed by atoms with Crippen LogP contribution >= 0.6 is 0 Å². The Labute approximate surface area is 173 Å². The van der Waals surface area contributed by atoms with E-state index in [4.69, 9.17) is 0 Å². The minimum absolute atomic E-state index is 0.0404. The number of rotatable bonds is 6. The molecule has 2 amide bonds. The summed E-state index contributed by atoms with van der Waals surface area (Å²) in [5.74, 6) is 0.518. The first-order chi connectivity index (χ1) is 14.0. The lowest BCUT2D eigenvalue weighted by Gasteiger charge is -2.35. The zero-order valence-electron chi connectivity index (χ0n) is 17.7. The Morgan fingerprint density at radius 2 is 1.62 bits per heavy atom. The molecule has 1 aliphatic heterocycles. The van der Waals surface area contributed by atoms with Crippen LogP contribution in [0.25, 0.3) is 0 Å². The van der Waals surface area contributed by atoms with Crippen molar-refractivity contribution in [1.82, 2.24) is 4.90 Å². The van der Waals surface area contributed by atoms with E-state index in [0.717, 1.165) is 30.8 Å². The lowest BCUT2D eigenvalue weighted by molar-refractivity contribution is -0.917. The largest absolute Gasteiger partial charge is 0.327 e. The first-order valence-corrected chi connectivity index (χ1v) is 10.6. The molecule has 2 aromatic rings. The predicted octanol–water partition coefficient (Wildman–Crippen LogP) is 2.57. The number of anilines is 1. The SMILES string of the molecule is CC[C@@H](C)c1ccccc1NC(=O)[C@H](C)[NH+]1CCN(C(=O)c2ccccc2)CC1. The molecular weight excluding hydrogens is 362 g/mol. The van der Waals surface area contributed by atoms with E-state index in [-0.39, 0.29) is 17.9 Å². The van der Waals surface area contributed by atoms with Crippen LogP contribution in [0.15, 0.2) is 54.6 Å². The van der Waals surface area contributed by atoms with Crippen LogP contribution in [0.2, 0.25) is 0 Å². The van der Waals surface area contributed by atoms with Crippen molar-refractivity contribution >= 4 is 17.5 Å². The number of nitrogens with one attached hydrogen (secondary N) is 2. The molecule has 0 bridgehead atoms. The van der Waals surface area contributed by atoms with E-state index < -0.39 is 0 Å². The summed E-state index contributed by atoms with van der Waals surface area (Å²) in [6.07, 6.45) is 1.03. The summed E-state index contributed by atoms with van der Waals surface area (Å²) in [6, 6.07) is 17.3. The highest BCUT2D eigenvalue weighted by molar-refractivity contribution is 5.95. The van der Waals surface area contributed by atoms with E-state index in [1.54, 1.807) is 0 Å². The topological polar surface area (TPSA) is 53.9 Å². The van der Waals surface area contributed by atoms with Crippen LogP contribution in [-0.2, 0) is 4.79 Å². The van der Waals surface area contributed by atoms with Gasteiger partial charge in [0.05, 0.1) is 26.2 Å². The molecule has 2 atom stereocenters. The van der Waals surface area contributed by atoms with Gasteiger partial charge in [0, 0.05) is 11.3 Å². The molecule has 2 N–H and O–H groups in total. The number of carbonyl (C=O) groups excluding carboxylic acids is 2. The molecule has 154 valence electrons. The van der Waals surface area contributed by atoms with Gasteiger partial charge in [-0.25, -0.2) is 0 Å². The molecule has 3 rings (SSSR count). The Kier molecular flexibility index (Phi) is 7.04. The number of nitrogens with zero attached hydrogens (tertiary/aromatic N) is 1. The van der Waals surface area contributed by atoms with Crippen molar-refractivity contribution in [1.29, 1.82) is 0 Å². The second-order valence-electron chi connectivity index (χ2n) is 7.92. The number of benzene rings is 2. The van der Waals surface area contributed by atoms with Crippen LogP contribution in [-0.4, -0.2) is 48.9 Å². The maximum Gasteiger partial charge on any atom is 0.282 e. The zero-order valence-corrected chi connectivity index (χ0v) is 17.7. The van der Waals surface area contributed by atoms with E-state index in [9.17, 15) is 9.59 Å². The van der Waals surface area contributed by atoms with Crippen LogP contribution in [0.1, 0.15) is 49.0 Å². The summed E-state index contributed by atoms with van der Waals surface area (Å²) in [7, 11) is 0. The van der Waals surface area contributed by atoms with Crippen LogP contribution in [0.3, 0.4) is 0 Å². The molecule has 0 unspecified atom stereocenters. The van der Waals surface area contributed by atoms with Gasteiger partial charge in [-0.1, -0.05) is 50.2 Å². The minimum Gasteiger partial charge on any atom is -0.327 e. The molecule has 0 aromatic heterocycles. The number of para-hydroxylation sites is 1. The van der Waals surface area contributed by atoms with Crippen molar-refractivity contribution in [3.8, 4) is 0 Å². The fourth-order valence-electron chi connectivity index (χ4n) is 3.88. The summed E-state index contributed by atoms with van der Waals surface area (Å²) < 4.78 is 0. The van der Waals surface area contributed by atoms with Gasteiger partial charge in [0.2, 0.25) is 0 Å². The summed E-state index contributed by atoms with van der Waals surface area (Å²) >= 11 is 0. The van der Waals surface area contributed by atoms with Crippen molar-refractivity contribution in [2.45, 2.75) is 39.2 Å². The number of hydrogen-bond acceptors (Lipinski definition) is 2. The Balaban J connectivity index is 1.57. The molecule has 1 heterocycles. The van der Waals surface area contributed by atoms with Crippen molar-refractivity contribution in [3.63, 3.8) is 0 Å². The number of carbonyl (C=O) groups is 2. The van der Waals surface area contributed by atoms with Gasteiger partial charge < -0.3 is 15.1 Å². The molecule has 1 aliphatic rings. The average Bonchev–Trinajstić information content (AvgIpc) is 2.78. The molecule has 0 saturated carbocycles. The minimum atomic E-state index is -0.158. The lowest BCUT2D eigenvalue weighted by Crippen LogP contribution is -3.19. The lowest BCUT2D eigenvalue weighted by atomic mass is 9.97. The number of piperazine rings is 1. The second-order valence-corrected chi connectivity index (χ2v) is 7.92. The summed E-state index contributed by atoms with van der Waals surface area (Å²) in [5, 5.41) is 3.14. The van der Waals surface area contributed by atoms with Crippen LogP contribution in [0.5, 0.6) is 0 Å². The monoisotopic (exact) mass is 394 g/mol. The van der Waals surface area contributed by atoms with Crippen LogP contribution in [0, 0.1) is 0 Å². The Morgan fingerprint density at radius 1 is 1.00 bits per heavy atom. The summed E-state index contributed by atoms with van der Waals surface area (Å²) in [5.41, 5.74) is 2.82. The van der Waals surface area contributed by atoms with Gasteiger partial charge in [-0.05, 0) is 43.0 Å². The average molecular weight is 395 g/mol. The van der Waals surface area contributed by atoms with E-state index in [0.29, 0.717) is 19.0 Å². The second kappa shape index (κ2) is 9.70. The predicted molar refractivity (Wildman–Crippen MR) is 116 cm³/mol. The van der Waals surface area contributed by atoms with Gasteiger partial charge in [-0.15, -0.1) is 0 Å². The molecule has 0 radical (unpaired) electrons. The van der Waals surface area contributed by atoms with Gasteiger partial charge in [-0.3, -0.25) is 9.59 Å². The van der Waals surface area contributed by atoms with Gasteiger partial charge in [-0.2, -0.15) is 0 Å². The number of hydrogen-bond donors (Lipinski definition) is 2. The molecule has 5 nitrogen and oxygen atoms in total. The standard InChI is InChI=1S/C24H31N3O2/c1-4-18(2)21-12-8-9-13-22(21)25-23(28)19(3)26-14-16-27(17-15-26)24(29)20-10-6-5-7-11-20/h5-13,18-19H,4,14-17H2,1-3H3,(H,25,28)/p+1/t18-,19+/m1/s1. The zero-order chi connectivity index (χ0) is 20.8. The van der Waals surface area contributed by atoms with E-state index in [1.807, 2.05) is 60.4 Å². The highest BCUT2D eigenvalue weighted by Crippen LogP contribution is 2.26. The van der Waals surface area contributed by atoms with Gasteiger partial charge in [0.1, 0.15) is 0 Å². The Hall–Kier alpha value is -2.66. The first-order valence-electron chi connectivity index (χ1n) is 10.6. The molecule has 2 aromatic carbocycles. The molecule has 1 fully saturated rings. The summed E-state index contributed by atoms with van der Waals surface area (Å²) in [6.45, 7) is 9.22. The molecule has 0 aliphatic carbocycles. The maximum absolute atomic E-state index is 12.9. The smallest absolute Gasteiger partial charge is 0.282 e. The van der Waals surface area contributed by atoms with Crippen molar-refractivity contribution in [2.24, 2.45) is 0 Å². The molecule has 5 heteroatoms.